The average Bonchev–Trinajstić information content (AvgIpc) is 2.54. The van der Waals surface area contributed by atoms with E-state index in [2.05, 4.69) is 11.4 Å². The Hall–Kier alpha value is -2.06. The zero-order valence-electron chi connectivity index (χ0n) is 12.6. The molecule has 22 heavy (non-hydrogen) atoms. The molecule has 5 heteroatoms. The maximum Gasteiger partial charge on any atom is 0.321 e. The van der Waals surface area contributed by atoms with Gasteiger partial charge in [-0.25, -0.2) is 4.79 Å². The molecule has 0 radical (unpaired) electrons. The van der Waals surface area contributed by atoms with Crippen LogP contribution in [-0.2, 0) is 0 Å². The van der Waals surface area contributed by atoms with Crippen LogP contribution >= 0.6 is 0 Å². The van der Waals surface area contributed by atoms with Crippen LogP contribution in [0.1, 0.15) is 37.7 Å². The van der Waals surface area contributed by atoms with Crippen molar-refractivity contribution >= 4 is 11.7 Å². The van der Waals surface area contributed by atoms with E-state index in [1.54, 1.807) is 29.2 Å². The van der Waals surface area contributed by atoms with E-state index in [9.17, 15) is 9.90 Å². The smallest absolute Gasteiger partial charge is 0.321 e. The highest BCUT2D eigenvalue weighted by Gasteiger charge is 2.43. The van der Waals surface area contributed by atoms with Gasteiger partial charge in [-0.3, -0.25) is 0 Å². The van der Waals surface area contributed by atoms with E-state index in [1.165, 1.54) is 0 Å². The Morgan fingerprint density at radius 3 is 3.09 bits per heavy atom. The maximum atomic E-state index is 12.4. The predicted molar refractivity (Wildman–Crippen MR) is 83.3 cm³/mol. The summed E-state index contributed by atoms with van der Waals surface area (Å²) in [4.78, 5) is 14.2. The Bertz CT molecular complexity index is 610. The highest BCUT2D eigenvalue weighted by molar-refractivity contribution is 5.89. The number of hydrogen-bond donors (Lipinski definition) is 2. The number of carbonyl (C=O) groups excluding carboxylic acids is 1. The van der Waals surface area contributed by atoms with Gasteiger partial charge in [0.05, 0.1) is 17.2 Å². The first-order valence-electron chi connectivity index (χ1n) is 7.89. The van der Waals surface area contributed by atoms with Crippen molar-refractivity contribution in [3.05, 3.63) is 29.8 Å². The van der Waals surface area contributed by atoms with E-state index in [4.69, 9.17) is 5.26 Å². The molecule has 3 rings (SSSR count). The number of nitrogens with one attached hydrogen (secondary N) is 1. The number of aliphatic hydroxyl groups is 1. The highest BCUT2D eigenvalue weighted by Crippen LogP contribution is 2.39. The third-order valence-corrected chi connectivity index (χ3v) is 4.96. The van der Waals surface area contributed by atoms with Gasteiger partial charge in [-0.15, -0.1) is 0 Å². The molecule has 116 valence electrons. The molecular formula is C17H21N3O2. The summed E-state index contributed by atoms with van der Waals surface area (Å²) in [5, 5.41) is 22.4. The zero-order valence-corrected chi connectivity index (χ0v) is 12.6. The van der Waals surface area contributed by atoms with Crippen LogP contribution in [0.25, 0.3) is 0 Å². The molecular weight excluding hydrogens is 278 g/mol. The number of carbonyl (C=O) groups is 1. The van der Waals surface area contributed by atoms with E-state index >= 15 is 0 Å². The standard InChI is InChI=1S/C17H21N3O2/c18-11-13-4-3-6-15(10-13)19-16(21)20-9-8-17(22)7-2-1-5-14(17)12-20/h3-4,6,10,14,22H,1-2,5,7-9,12H2,(H,19,21)/t14-,17-/m0/s1. The van der Waals surface area contributed by atoms with E-state index in [0.29, 0.717) is 30.8 Å². The first-order valence-corrected chi connectivity index (χ1v) is 7.89. The van der Waals surface area contributed by atoms with Crippen LogP contribution in [0, 0.1) is 17.2 Å². The zero-order chi connectivity index (χ0) is 15.6. The summed E-state index contributed by atoms with van der Waals surface area (Å²) in [6.45, 7) is 1.19. The molecule has 0 spiro atoms. The Kier molecular flexibility index (Phi) is 4.04. The monoisotopic (exact) mass is 299 g/mol. The Morgan fingerprint density at radius 2 is 2.27 bits per heavy atom. The molecule has 5 nitrogen and oxygen atoms in total. The van der Waals surface area contributed by atoms with Gasteiger partial charge in [0, 0.05) is 24.7 Å². The molecule has 2 aliphatic rings. The lowest BCUT2D eigenvalue weighted by Gasteiger charge is -2.47. The number of fused-ring (bicyclic) bond motifs is 1. The van der Waals surface area contributed by atoms with Gasteiger partial charge in [0.15, 0.2) is 0 Å². The number of hydrogen-bond acceptors (Lipinski definition) is 3. The summed E-state index contributed by atoms with van der Waals surface area (Å²) < 4.78 is 0. The minimum absolute atomic E-state index is 0.150. The summed E-state index contributed by atoms with van der Waals surface area (Å²) in [7, 11) is 0. The number of amides is 2. The molecule has 0 aromatic heterocycles. The number of anilines is 1. The number of likely N-dealkylation sites (tertiary alicyclic amines) is 1. The number of urea groups is 1. The number of nitrogens with zero attached hydrogens (tertiary/aromatic N) is 2. The molecule has 1 heterocycles. The summed E-state index contributed by atoms with van der Waals surface area (Å²) in [6.07, 6.45) is 4.72. The van der Waals surface area contributed by atoms with Gasteiger partial charge in [0.2, 0.25) is 0 Å². The SMILES string of the molecule is N#Cc1cccc(NC(=O)N2CC[C@@]3(O)CCCC[C@H]3C2)c1. The normalized spacial score (nSPS) is 27.6. The molecule has 1 aromatic rings. The molecule has 0 unspecified atom stereocenters. The molecule has 1 aliphatic carbocycles. The molecule has 1 saturated heterocycles. The number of benzene rings is 1. The molecule has 2 amide bonds. The van der Waals surface area contributed by atoms with E-state index in [1.807, 2.05) is 0 Å². The van der Waals surface area contributed by atoms with Crippen molar-refractivity contribution in [2.24, 2.45) is 5.92 Å². The lowest BCUT2D eigenvalue weighted by Crippen LogP contribution is -2.55. The van der Waals surface area contributed by atoms with E-state index < -0.39 is 5.60 Å². The van der Waals surface area contributed by atoms with Crippen LogP contribution in [0.4, 0.5) is 10.5 Å². The summed E-state index contributed by atoms with van der Waals surface area (Å²) in [5.74, 6) is 0.186. The van der Waals surface area contributed by atoms with Gasteiger partial charge in [-0.2, -0.15) is 5.26 Å². The second-order valence-corrected chi connectivity index (χ2v) is 6.37. The third-order valence-electron chi connectivity index (χ3n) is 4.96. The van der Waals surface area contributed by atoms with Crippen molar-refractivity contribution in [2.75, 3.05) is 18.4 Å². The Balaban J connectivity index is 1.65. The fourth-order valence-corrected chi connectivity index (χ4v) is 3.62. The van der Waals surface area contributed by atoms with Gasteiger partial charge in [0.25, 0.3) is 0 Å². The van der Waals surface area contributed by atoms with Crippen molar-refractivity contribution < 1.29 is 9.90 Å². The van der Waals surface area contributed by atoms with Crippen molar-refractivity contribution in [3.63, 3.8) is 0 Å². The van der Waals surface area contributed by atoms with Gasteiger partial charge in [-0.05, 0) is 37.5 Å². The van der Waals surface area contributed by atoms with Crippen molar-refractivity contribution in [1.82, 2.24) is 4.90 Å². The van der Waals surface area contributed by atoms with Gasteiger partial charge >= 0.3 is 6.03 Å². The van der Waals surface area contributed by atoms with Gasteiger partial charge < -0.3 is 15.3 Å². The molecule has 1 aromatic carbocycles. The van der Waals surface area contributed by atoms with Crippen LogP contribution in [0.3, 0.4) is 0 Å². The number of rotatable bonds is 1. The minimum atomic E-state index is -0.574. The minimum Gasteiger partial charge on any atom is -0.389 e. The topological polar surface area (TPSA) is 76.4 Å². The summed E-state index contributed by atoms with van der Waals surface area (Å²) in [6, 6.07) is 8.82. The van der Waals surface area contributed by atoms with Crippen LogP contribution in [0.5, 0.6) is 0 Å². The second-order valence-electron chi connectivity index (χ2n) is 6.37. The lowest BCUT2D eigenvalue weighted by molar-refractivity contribution is -0.0863. The van der Waals surface area contributed by atoms with Gasteiger partial charge in [-0.1, -0.05) is 18.9 Å². The van der Waals surface area contributed by atoms with Crippen LogP contribution in [-0.4, -0.2) is 34.7 Å². The molecule has 0 bridgehead atoms. The van der Waals surface area contributed by atoms with Crippen molar-refractivity contribution in [1.29, 1.82) is 5.26 Å². The Labute approximate surface area is 130 Å². The van der Waals surface area contributed by atoms with Crippen LogP contribution in [0.15, 0.2) is 24.3 Å². The van der Waals surface area contributed by atoms with Crippen molar-refractivity contribution in [3.8, 4) is 6.07 Å². The fraction of sp³-hybridized carbons (Fsp3) is 0.529. The predicted octanol–water partition coefficient (Wildman–Crippen LogP) is 2.72. The van der Waals surface area contributed by atoms with E-state index in [-0.39, 0.29) is 11.9 Å². The largest absolute Gasteiger partial charge is 0.389 e. The molecule has 1 aliphatic heterocycles. The fourth-order valence-electron chi connectivity index (χ4n) is 3.62. The summed E-state index contributed by atoms with van der Waals surface area (Å²) in [5.41, 5.74) is 0.585. The summed E-state index contributed by atoms with van der Waals surface area (Å²) >= 11 is 0. The Morgan fingerprint density at radius 1 is 1.41 bits per heavy atom. The average molecular weight is 299 g/mol. The highest BCUT2D eigenvalue weighted by atomic mass is 16.3. The molecule has 2 atom stereocenters. The first-order chi connectivity index (χ1) is 10.6. The molecule has 2 N–H and O–H groups in total. The van der Waals surface area contributed by atoms with Crippen molar-refractivity contribution in [2.45, 2.75) is 37.7 Å². The van der Waals surface area contributed by atoms with Crippen LogP contribution < -0.4 is 5.32 Å². The third kappa shape index (κ3) is 2.93. The molecule has 2 fully saturated rings. The molecule has 1 saturated carbocycles. The maximum absolute atomic E-state index is 12.4. The quantitative estimate of drug-likeness (QED) is 0.837. The van der Waals surface area contributed by atoms with Crippen LogP contribution in [0.2, 0.25) is 0 Å². The number of nitriles is 1. The number of piperidine rings is 1. The lowest BCUT2D eigenvalue weighted by atomic mass is 9.71. The first kappa shape index (κ1) is 14.9. The second kappa shape index (κ2) is 5.98. The van der Waals surface area contributed by atoms with E-state index in [0.717, 1.165) is 25.7 Å². The van der Waals surface area contributed by atoms with Gasteiger partial charge in [0.1, 0.15) is 0 Å².